The molecule has 5 rings (SSSR count). The van der Waals surface area contributed by atoms with Crippen molar-refractivity contribution < 1.29 is 18.3 Å². The Hall–Kier alpha value is -2.95. The van der Waals surface area contributed by atoms with E-state index in [-0.39, 0.29) is 17.5 Å². The number of ether oxygens (including phenoxy) is 1. The van der Waals surface area contributed by atoms with Crippen LogP contribution in [0.1, 0.15) is 29.1 Å². The van der Waals surface area contributed by atoms with Crippen molar-refractivity contribution >= 4 is 28.9 Å². The van der Waals surface area contributed by atoms with Gasteiger partial charge in [-0.05, 0) is 38.1 Å². The number of thiophene rings is 1. The highest BCUT2D eigenvalue weighted by atomic mass is 32.1. The Bertz CT molecular complexity index is 1230. The number of nitrogens with zero attached hydrogens (tertiary/aromatic N) is 4. The van der Waals surface area contributed by atoms with Crippen LogP contribution in [0.15, 0.2) is 36.5 Å². The first-order chi connectivity index (χ1) is 16.3. The summed E-state index contributed by atoms with van der Waals surface area (Å²) >= 11 is 1.53. The minimum Gasteiger partial charge on any atom is -0.379 e. The maximum Gasteiger partial charge on any atom is 0.255 e. The number of hydrogen-bond donors (Lipinski definition) is 1. The number of fused-ring (bicyclic) bond motifs is 1. The second kappa shape index (κ2) is 9.01. The fourth-order valence-corrected chi connectivity index (χ4v) is 5.60. The molecule has 0 spiro atoms. The summed E-state index contributed by atoms with van der Waals surface area (Å²) in [6.45, 7) is 8.87. The van der Waals surface area contributed by atoms with Gasteiger partial charge < -0.3 is 15.0 Å². The van der Waals surface area contributed by atoms with Crippen LogP contribution in [-0.2, 0) is 10.3 Å². The van der Waals surface area contributed by atoms with Crippen LogP contribution in [0.3, 0.4) is 0 Å². The van der Waals surface area contributed by atoms with Gasteiger partial charge >= 0.3 is 0 Å². The van der Waals surface area contributed by atoms with Gasteiger partial charge in [-0.15, -0.1) is 11.3 Å². The molecule has 1 saturated heterocycles. The summed E-state index contributed by atoms with van der Waals surface area (Å²) in [6.07, 6.45) is 1.57. The van der Waals surface area contributed by atoms with Gasteiger partial charge in [0.15, 0.2) is 0 Å². The highest BCUT2D eigenvalue weighted by Crippen LogP contribution is 2.45. The van der Waals surface area contributed by atoms with Crippen molar-refractivity contribution in [2.45, 2.75) is 19.4 Å². The summed E-state index contributed by atoms with van der Waals surface area (Å²) in [6, 6.07) is 6.89. The van der Waals surface area contributed by atoms with Crippen molar-refractivity contribution in [3.63, 3.8) is 0 Å². The van der Waals surface area contributed by atoms with E-state index in [1.165, 1.54) is 17.4 Å². The van der Waals surface area contributed by atoms with Gasteiger partial charge in [0.25, 0.3) is 5.91 Å². The topological polar surface area (TPSA) is 70.6 Å². The van der Waals surface area contributed by atoms with Crippen LogP contribution in [0.2, 0.25) is 0 Å². The number of rotatable bonds is 6. The summed E-state index contributed by atoms with van der Waals surface area (Å²) in [5.74, 6) is -1.17. The van der Waals surface area contributed by atoms with Crippen molar-refractivity contribution in [1.82, 2.24) is 19.8 Å². The Balaban J connectivity index is 1.34. The van der Waals surface area contributed by atoms with E-state index in [1.54, 1.807) is 12.3 Å². The first kappa shape index (κ1) is 22.8. The van der Waals surface area contributed by atoms with Crippen LogP contribution in [-0.4, -0.2) is 65.1 Å². The van der Waals surface area contributed by atoms with Crippen molar-refractivity contribution in [3.05, 3.63) is 58.6 Å². The minimum absolute atomic E-state index is 0.0246. The third-order valence-corrected chi connectivity index (χ3v) is 7.74. The lowest BCUT2D eigenvalue weighted by molar-refractivity contribution is 0.0263. The number of amides is 1. The highest BCUT2D eigenvalue weighted by molar-refractivity contribution is 7.16. The number of benzene rings is 1. The molecule has 0 radical (unpaired) electrons. The second-order valence-electron chi connectivity index (χ2n) is 8.84. The van der Waals surface area contributed by atoms with Gasteiger partial charge in [-0.3, -0.25) is 9.69 Å². The molecule has 0 unspecified atom stereocenters. The van der Waals surface area contributed by atoms with E-state index < -0.39 is 17.2 Å². The summed E-state index contributed by atoms with van der Waals surface area (Å²) in [7, 11) is 0. The first-order valence-corrected chi connectivity index (χ1v) is 12.0. The summed E-state index contributed by atoms with van der Waals surface area (Å²) in [4.78, 5) is 28.0. The van der Waals surface area contributed by atoms with Gasteiger partial charge in [-0.2, -0.15) is 0 Å². The Labute approximate surface area is 200 Å². The van der Waals surface area contributed by atoms with Gasteiger partial charge in [0.1, 0.15) is 11.6 Å². The molecule has 2 aliphatic rings. The molecule has 1 amide bonds. The van der Waals surface area contributed by atoms with Crippen LogP contribution >= 0.6 is 11.3 Å². The van der Waals surface area contributed by atoms with E-state index in [0.717, 1.165) is 54.7 Å². The number of nitrogens with one attached hydrogen (secondary N) is 1. The third-order valence-electron chi connectivity index (χ3n) is 6.27. The molecule has 0 bridgehead atoms. The molecule has 4 heterocycles. The SMILES string of the molecule is CC1(C)c2sc(-c3ccnc(Nc4ccc(F)cc4F)n3)cc2C(=O)N1CCN1CCOCC1. The Kier molecular flexibility index (Phi) is 6.05. The van der Waals surface area contributed by atoms with E-state index >= 15 is 0 Å². The van der Waals surface area contributed by atoms with Gasteiger partial charge in [-0.1, -0.05) is 0 Å². The first-order valence-electron chi connectivity index (χ1n) is 11.1. The maximum absolute atomic E-state index is 14.0. The van der Waals surface area contributed by atoms with Crippen LogP contribution in [0.5, 0.6) is 0 Å². The molecule has 0 saturated carbocycles. The summed E-state index contributed by atoms with van der Waals surface area (Å²) < 4.78 is 32.6. The molecule has 1 aromatic carbocycles. The molecule has 2 aliphatic heterocycles. The Morgan fingerprint density at radius 1 is 1.15 bits per heavy atom. The maximum atomic E-state index is 14.0. The number of carbonyl (C=O) groups excluding carboxylic acids is 1. The molecular weight excluding hydrogens is 460 g/mol. The van der Waals surface area contributed by atoms with E-state index in [2.05, 4.69) is 34.0 Å². The largest absolute Gasteiger partial charge is 0.379 e. The standard InChI is InChI=1S/C24H25F2N5O2S/c1-24(2)21-16(22(32)31(24)8-7-30-9-11-33-12-10-30)14-20(34-21)19-5-6-27-23(29-19)28-18-4-3-15(25)13-17(18)26/h3-6,13-14H,7-12H2,1-2H3,(H,27,28,29). The number of carbonyl (C=O) groups is 1. The zero-order valence-corrected chi connectivity index (χ0v) is 19.8. The fourth-order valence-electron chi connectivity index (χ4n) is 4.37. The van der Waals surface area contributed by atoms with Gasteiger partial charge in [0.2, 0.25) is 5.95 Å². The number of anilines is 2. The van der Waals surface area contributed by atoms with E-state index in [1.807, 2.05) is 11.0 Å². The number of aromatic nitrogens is 2. The van der Waals surface area contributed by atoms with Gasteiger partial charge in [-0.25, -0.2) is 18.7 Å². The predicted octanol–water partition coefficient (Wildman–Crippen LogP) is 4.25. The Morgan fingerprint density at radius 2 is 1.94 bits per heavy atom. The van der Waals surface area contributed by atoms with E-state index in [4.69, 9.17) is 4.74 Å². The molecule has 0 aliphatic carbocycles. The monoisotopic (exact) mass is 485 g/mol. The molecule has 2 aromatic heterocycles. The quantitative estimate of drug-likeness (QED) is 0.563. The predicted molar refractivity (Wildman–Crippen MR) is 126 cm³/mol. The fraction of sp³-hybridized carbons (Fsp3) is 0.375. The molecule has 7 nitrogen and oxygen atoms in total. The minimum atomic E-state index is -0.728. The zero-order chi connectivity index (χ0) is 23.9. The summed E-state index contributed by atoms with van der Waals surface area (Å²) in [5, 5.41) is 2.79. The lowest BCUT2D eigenvalue weighted by atomic mass is 10.0. The highest BCUT2D eigenvalue weighted by Gasteiger charge is 2.44. The van der Waals surface area contributed by atoms with Crippen molar-refractivity contribution in [2.75, 3.05) is 44.7 Å². The summed E-state index contributed by atoms with van der Waals surface area (Å²) in [5.41, 5.74) is 0.986. The van der Waals surface area contributed by atoms with Crippen molar-refractivity contribution in [3.8, 4) is 10.6 Å². The molecule has 178 valence electrons. The number of hydrogen-bond acceptors (Lipinski definition) is 7. The average molecular weight is 486 g/mol. The van der Waals surface area contributed by atoms with Crippen LogP contribution in [0.4, 0.5) is 20.4 Å². The zero-order valence-electron chi connectivity index (χ0n) is 19.0. The molecular formula is C24H25F2N5O2S. The second-order valence-corrected chi connectivity index (χ2v) is 9.89. The molecule has 34 heavy (non-hydrogen) atoms. The lowest BCUT2D eigenvalue weighted by Crippen LogP contribution is -2.46. The van der Waals surface area contributed by atoms with E-state index in [0.29, 0.717) is 17.8 Å². The van der Waals surface area contributed by atoms with Crippen LogP contribution in [0.25, 0.3) is 10.6 Å². The third kappa shape index (κ3) is 4.28. The van der Waals surface area contributed by atoms with Crippen LogP contribution < -0.4 is 5.32 Å². The molecule has 0 atom stereocenters. The number of halogens is 2. The molecule has 3 aromatic rings. The molecule has 10 heteroatoms. The van der Waals surface area contributed by atoms with E-state index in [9.17, 15) is 13.6 Å². The number of morpholine rings is 1. The van der Waals surface area contributed by atoms with Gasteiger partial charge in [0.05, 0.1) is 40.6 Å². The average Bonchev–Trinajstić information content (AvgIpc) is 3.34. The van der Waals surface area contributed by atoms with Crippen LogP contribution in [0, 0.1) is 11.6 Å². The normalized spacial score (nSPS) is 17.8. The lowest BCUT2D eigenvalue weighted by Gasteiger charge is -2.35. The smallest absolute Gasteiger partial charge is 0.255 e. The van der Waals surface area contributed by atoms with Gasteiger partial charge in [0, 0.05) is 43.3 Å². The van der Waals surface area contributed by atoms with Crippen molar-refractivity contribution in [1.29, 1.82) is 0 Å². The molecule has 1 fully saturated rings. The Morgan fingerprint density at radius 3 is 2.68 bits per heavy atom. The molecule has 1 N–H and O–H groups in total. The van der Waals surface area contributed by atoms with Crippen molar-refractivity contribution in [2.24, 2.45) is 0 Å².